The van der Waals surface area contributed by atoms with Crippen LogP contribution in [0.3, 0.4) is 0 Å². The first-order chi connectivity index (χ1) is 8.54. The number of likely N-dealkylation sites (tertiary alicyclic amines) is 1. The van der Waals surface area contributed by atoms with Crippen molar-refractivity contribution in [3.8, 4) is 11.5 Å². The van der Waals surface area contributed by atoms with E-state index in [0.29, 0.717) is 5.56 Å². The number of nitrogens with zero attached hydrogens (tertiary/aromatic N) is 1. The minimum Gasteiger partial charge on any atom is -0.504 e. The summed E-state index contributed by atoms with van der Waals surface area (Å²) in [6.45, 7) is 2.78. The molecule has 1 aliphatic rings. The zero-order valence-electron chi connectivity index (χ0n) is 10.6. The van der Waals surface area contributed by atoms with Crippen LogP contribution >= 0.6 is 0 Å². The van der Waals surface area contributed by atoms with Crippen LogP contribution in [0.25, 0.3) is 0 Å². The third-order valence-electron chi connectivity index (χ3n) is 3.40. The van der Waals surface area contributed by atoms with Crippen molar-refractivity contribution >= 4 is 11.6 Å². The molecule has 5 heteroatoms. The fourth-order valence-electron chi connectivity index (χ4n) is 2.32. The van der Waals surface area contributed by atoms with Gasteiger partial charge in [-0.05, 0) is 25.8 Å². The third-order valence-corrected chi connectivity index (χ3v) is 3.40. The number of phenols is 1. The highest BCUT2D eigenvalue weighted by atomic mass is 16.5. The van der Waals surface area contributed by atoms with Crippen LogP contribution in [0.15, 0.2) is 12.1 Å². The van der Waals surface area contributed by atoms with Crippen molar-refractivity contribution in [1.82, 2.24) is 4.90 Å². The molecule has 0 saturated carbocycles. The van der Waals surface area contributed by atoms with E-state index in [0.717, 1.165) is 19.4 Å². The number of carbonyl (C=O) groups excluding carboxylic acids is 1. The molecule has 0 aromatic heterocycles. The second-order valence-corrected chi connectivity index (χ2v) is 4.60. The lowest BCUT2D eigenvalue weighted by molar-refractivity contribution is 0.0748. The van der Waals surface area contributed by atoms with E-state index in [4.69, 9.17) is 10.5 Å². The molecule has 0 unspecified atom stereocenters. The van der Waals surface area contributed by atoms with Gasteiger partial charge in [0.1, 0.15) is 0 Å². The number of aromatic hydroxyl groups is 1. The minimum atomic E-state index is -0.101. The lowest BCUT2D eigenvalue weighted by Gasteiger charge is -2.22. The van der Waals surface area contributed by atoms with Crippen molar-refractivity contribution < 1.29 is 14.6 Å². The van der Waals surface area contributed by atoms with Gasteiger partial charge in [0.2, 0.25) is 0 Å². The Morgan fingerprint density at radius 2 is 2.28 bits per heavy atom. The van der Waals surface area contributed by atoms with E-state index in [1.54, 1.807) is 0 Å². The summed E-state index contributed by atoms with van der Waals surface area (Å²) in [5.41, 5.74) is 6.46. The summed E-state index contributed by atoms with van der Waals surface area (Å²) >= 11 is 0. The Kier molecular flexibility index (Phi) is 3.32. The third kappa shape index (κ3) is 2.08. The molecule has 1 aromatic carbocycles. The maximum atomic E-state index is 12.4. The Morgan fingerprint density at radius 1 is 1.56 bits per heavy atom. The standard InChI is InChI=1S/C13H18N2O3/c1-8-4-3-5-15(8)13(17)9-6-12(18-2)11(16)7-10(9)14/h6-8,16H,3-5,14H2,1-2H3/t8-/m1/s1. The molecule has 3 N–H and O–H groups in total. The fourth-order valence-corrected chi connectivity index (χ4v) is 2.32. The number of anilines is 1. The molecule has 1 aliphatic heterocycles. The maximum absolute atomic E-state index is 12.4. The van der Waals surface area contributed by atoms with Crippen LogP contribution in [-0.2, 0) is 0 Å². The highest BCUT2D eigenvalue weighted by molar-refractivity contribution is 6.00. The summed E-state index contributed by atoms with van der Waals surface area (Å²) in [4.78, 5) is 14.2. The second-order valence-electron chi connectivity index (χ2n) is 4.60. The van der Waals surface area contributed by atoms with Crippen LogP contribution in [-0.4, -0.2) is 35.6 Å². The topological polar surface area (TPSA) is 75.8 Å². The van der Waals surface area contributed by atoms with Gasteiger partial charge in [0.15, 0.2) is 11.5 Å². The number of ether oxygens (including phenoxy) is 1. The van der Waals surface area contributed by atoms with E-state index in [1.807, 2.05) is 11.8 Å². The molecular formula is C13H18N2O3. The predicted octanol–water partition coefficient (Wildman–Crippen LogP) is 1.61. The first kappa shape index (κ1) is 12.5. The van der Waals surface area contributed by atoms with Gasteiger partial charge in [0, 0.05) is 24.3 Å². The minimum absolute atomic E-state index is 0.0546. The largest absolute Gasteiger partial charge is 0.504 e. The Balaban J connectivity index is 2.35. The van der Waals surface area contributed by atoms with E-state index in [1.165, 1.54) is 19.2 Å². The van der Waals surface area contributed by atoms with E-state index < -0.39 is 0 Å². The molecule has 2 rings (SSSR count). The lowest BCUT2D eigenvalue weighted by Crippen LogP contribution is -2.34. The number of hydrogen-bond acceptors (Lipinski definition) is 4. The zero-order chi connectivity index (χ0) is 13.3. The van der Waals surface area contributed by atoms with Crippen LogP contribution in [0, 0.1) is 0 Å². The molecule has 1 saturated heterocycles. The molecule has 18 heavy (non-hydrogen) atoms. The van der Waals surface area contributed by atoms with Crippen LogP contribution < -0.4 is 10.5 Å². The molecule has 0 spiro atoms. The lowest BCUT2D eigenvalue weighted by atomic mass is 10.1. The number of nitrogen functional groups attached to an aromatic ring is 1. The van der Waals surface area contributed by atoms with E-state index in [2.05, 4.69) is 0 Å². The number of hydrogen-bond donors (Lipinski definition) is 2. The van der Waals surface area contributed by atoms with Crippen LogP contribution in [0.5, 0.6) is 11.5 Å². The molecule has 1 amide bonds. The van der Waals surface area contributed by atoms with Crippen LogP contribution in [0.1, 0.15) is 30.1 Å². The summed E-state index contributed by atoms with van der Waals surface area (Å²) in [6.07, 6.45) is 2.03. The van der Waals surface area contributed by atoms with Gasteiger partial charge in [0.25, 0.3) is 5.91 Å². The Labute approximate surface area is 106 Å². The maximum Gasteiger partial charge on any atom is 0.256 e. The van der Waals surface area contributed by atoms with Gasteiger partial charge in [-0.1, -0.05) is 0 Å². The summed E-state index contributed by atoms with van der Waals surface area (Å²) in [6, 6.07) is 3.09. The molecular weight excluding hydrogens is 232 g/mol. The van der Waals surface area contributed by atoms with Crippen molar-refractivity contribution in [1.29, 1.82) is 0 Å². The summed E-state index contributed by atoms with van der Waals surface area (Å²) in [5.74, 6) is 0.108. The van der Waals surface area contributed by atoms with E-state index in [9.17, 15) is 9.90 Å². The number of rotatable bonds is 2. The highest BCUT2D eigenvalue weighted by Gasteiger charge is 2.27. The highest BCUT2D eigenvalue weighted by Crippen LogP contribution is 2.32. The number of methoxy groups -OCH3 is 1. The van der Waals surface area contributed by atoms with E-state index >= 15 is 0 Å². The number of benzene rings is 1. The predicted molar refractivity (Wildman–Crippen MR) is 68.8 cm³/mol. The molecule has 1 fully saturated rings. The van der Waals surface area contributed by atoms with Crippen molar-refractivity contribution in [2.45, 2.75) is 25.8 Å². The fraction of sp³-hybridized carbons (Fsp3) is 0.462. The quantitative estimate of drug-likeness (QED) is 0.782. The van der Waals surface area contributed by atoms with Gasteiger partial charge in [-0.3, -0.25) is 4.79 Å². The van der Waals surface area contributed by atoms with Crippen LogP contribution in [0.2, 0.25) is 0 Å². The van der Waals surface area contributed by atoms with Gasteiger partial charge in [-0.2, -0.15) is 0 Å². The van der Waals surface area contributed by atoms with Crippen molar-refractivity contribution in [2.75, 3.05) is 19.4 Å². The Hall–Kier alpha value is -1.91. The molecule has 1 atom stereocenters. The molecule has 1 heterocycles. The second kappa shape index (κ2) is 4.76. The molecule has 98 valence electrons. The molecule has 0 radical (unpaired) electrons. The van der Waals surface area contributed by atoms with Gasteiger partial charge < -0.3 is 20.5 Å². The SMILES string of the molecule is COc1cc(C(=O)N2CCC[C@H]2C)c(N)cc1O. The summed E-state index contributed by atoms with van der Waals surface area (Å²) in [7, 11) is 1.44. The average Bonchev–Trinajstić information content (AvgIpc) is 2.75. The Bertz CT molecular complexity index is 474. The molecule has 0 bridgehead atoms. The van der Waals surface area contributed by atoms with Crippen LogP contribution in [0.4, 0.5) is 5.69 Å². The summed E-state index contributed by atoms with van der Waals surface area (Å²) < 4.78 is 5.00. The van der Waals surface area contributed by atoms with Gasteiger partial charge in [0.05, 0.1) is 12.7 Å². The van der Waals surface area contributed by atoms with Crippen molar-refractivity contribution in [3.63, 3.8) is 0 Å². The van der Waals surface area contributed by atoms with Gasteiger partial charge >= 0.3 is 0 Å². The number of amides is 1. The Morgan fingerprint density at radius 3 is 2.83 bits per heavy atom. The first-order valence-corrected chi connectivity index (χ1v) is 6.02. The molecule has 0 aliphatic carbocycles. The number of phenolic OH excluding ortho intramolecular Hbond substituents is 1. The number of nitrogens with two attached hydrogens (primary N) is 1. The number of carbonyl (C=O) groups is 1. The smallest absolute Gasteiger partial charge is 0.256 e. The van der Waals surface area contributed by atoms with Crippen molar-refractivity contribution in [3.05, 3.63) is 17.7 Å². The normalized spacial score (nSPS) is 19.0. The average molecular weight is 250 g/mol. The van der Waals surface area contributed by atoms with Gasteiger partial charge in [-0.25, -0.2) is 0 Å². The molecule has 1 aromatic rings. The zero-order valence-corrected chi connectivity index (χ0v) is 10.6. The van der Waals surface area contributed by atoms with Crippen molar-refractivity contribution in [2.24, 2.45) is 0 Å². The van der Waals surface area contributed by atoms with Gasteiger partial charge in [-0.15, -0.1) is 0 Å². The molecule has 5 nitrogen and oxygen atoms in total. The summed E-state index contributed by atoms with van der Waals surface area (Å²) in [5, 5.41) is 9.58. The monoisotopic (exact) mass is 250 g/mol. The first-order valence-electron chi connectivity index (χ1n) is 6.02. The van der Waals surface area contributed by atoms with E-state index in [-0.39, 0.29) is 29.1 Å².